The Labute approximate surface area is 169 Å². The summed E-state index contributed by atoms with van der Waals surface area (Å²) in [5.74, 6) is 0.822. The number of piperidine rings is 1. The third-order valence-electron chi connectivity index (χ3n) is 4.87. The summed E-state index contributed by atoms with van der Waals surface area (Å²) in [7, 11) is 0. The van der Waals surface area contributed by atoms with Crippen molar-refractivity contribution in [2.75, 3.05) is 19.6 Å². The van der Waals surface area contributed by atoms with Gasteiger partial charge in [-0.05, 0) is 62.1 Å². The zero-order valence-corrected chi connectivity index (χ0v) is 16.6. The van der Waals surface area contributed by atoms with E-state index in [2.05, 4.69) is 10.3 Å². The fourth-order valence-corrected chi connectivity index (χ4v) is 3.30. The number of nitrogens with zero attached hydrogens (tertiary/aromatic N) is 2. The molecule has 2 heterocycles. The smallest absolute Gasteiger partial charge is 0.260 e. The normalized spacial score (nSPS) is 15.7. The van der Waals surface area contributed by atoms with Crippen LogP contribution >= 0.6 is 11.6 Å². The van der Waals surface area contributed by atoms with Crippen molar-refractivity contribution in [3.63, 3.8) is 0 Å². The van der Waals surface area contributed by atoms with E-state index in [1.165, 1.54) is 0 Å². The second-order valence-electron chi connectivity index (χ2n) is 6.94. The number of amides is 2. The number of aromatic nitrogens is 1. The van der Waals surface area contributed by atoms with Gasteiger partial charge in [0.1, 0.15) is 5.75 Å². The van der Waals surface area contributed by atoms with Gasteiger partial charge >= 0.3 is 0 Å². The quantitative estimate of drug-likeness (QED) is 0.807. The number of hydrogen-bond donors (Lipinski definition) is 1. The number of halogens is 1. The number of carbonyl (C=O) groups excluding carboxylic acids is 2. The van der Waals surface area contributed by atoms with E-state index < -0.39 is 6.10 Å². The monoisotopic (exact) mass is 401 g/mol. The van der Waals surface area contributed by atoms with Gasteiger partial charge < -0.3 is 15.0 Å². The summed E-state index contributed by atoms with van der Waals surface area (Å²) < 4.78 is 5.64. The van der Waals surface area contributed by atoms with Gasteiger partial charge in [0.2, 0.25) is 0 Å². The molecule has 2 aromatic rings. The molecule has 3 rings (SSSR count). The number of carbonyl (C=O) groups is 2. The summed E-state index contributed by atoms with van der Waals surface area (Å²) in [6.45, 7) is 3.68. The predicted octanol–water partition coefficient (Wildman–Crippen LogP) is 3.17. The minimum absolute atomic E-state index is 0.0144. The highest BCUT2D eigenvalue weighted by Crippen LogP contribution is 2.19. The van der Waals surface area contributed by atoms with Gasteiger partial charge in [-0.1, -0.05) is 11.6 Å². The molecule has 28 heavy (non-hydrogen) atoms. The Kier molecular flexibility index (Phi) is 6.87. The molecule has 0 saturated carbocycles. The molecule has 6 nitrogen and oxygen atoms in total. The summed E-state index contributed by atoms with van der Waals surface area (Å²) >= 11 is 5.85. The van der Waals surface area contributed by atoms with Crippen molar-refractivity contribution in [1.82, 2.24) is 15.2 Å². The molecule has 0 bridgehead atoms. The molecule has 148 valence electrons. The number of likely N-dealkylation sites (tertiary alicyclic amines) is 1. The van der Waals surface area contributed by atoms with Crippen LogP contribution in [0.25, 0.3) is 0 Å². The molecule has 0 aliphatic carbocycles. The SMILES string of the molecule is CC(Oc1ccc(Cl)cc1)C(=O)NCC1CCN(C(=O)c2cccnc2)CC1. The van der Waals surface area contributed by atoms with Gasteiger partial charge in [0.25, 0.3) is 11.8 Å². The number of hydrogen-bond acceptors (Lipinski definition) is 4. The molecule has 0 radical (unpaired) electrons. The lowest BCUT2D eigenvalue weighted by Crippen LogP contribution is -2.43. The van der Waals surface area contributed by atoms with Crippen molar-refractivity contribution < 1.29 is 14.3 Å². The van der Waals surface area contributed by atoms with Crippen LogP contribution in [0.2, 0.25) is 5.02 Å². The third kappa shape index (κ3) is 5.45. The standard InChI is InChI=1S/C21H24ClN3O3/c1-15(28-19-6-4-18(22)5-7-19)20(26)24-13-16-8-11-25(12-9-16)21(27)17-3-2-10-23-14-17/h2-7,10,14-16H,8-9,11-13H2,1H3,(H,24,26). The summed E-state index contributed by atoms with van der Waals surface area (Å²) in [6.07, 6.45) is 4.38. The van der Waals surface area contributed by atoms with Crippen LogP contribution in [0.15, 0.2) is 48.8 Å². The second kappa shape index (κ2) is 9.55. The van der Waals surface area contributed by atoms with Crippen LogP contribution in [0.1, 0.15) is 30.1 Å². The maximum Gasteiger partial charge on any atom is 0.260 e. The van der Waals surface area contributed by atoms with Crippen LogP contribution in [0.5, 0.6) is 5.75 Å². The van der Waals surface area contributed by atoms with Crippen molar-refractivity contribution in [3.05, 3.63) is 59.4 Å². The van der Waals surface area contributed by atoms with E-state index in [0.717, 1.165) is 12.8 Å². The van der Waals surface area contributed by atoms with Crippen LogP contribution in [0, 0.1) is 5.92 Å². The molecule has 7 heteroatoms. The Morgan fingerprint density at radius 1 is 1.25 bits per heavy atom. The van der Waals surface area contributed by atoms with Crippen LogP contribution in [-0.2, 0) is 4.79 Å². The van der Waals surface area contributed by atoms with E-state index in [9.17, 15) is 9.59 Å². The Morgan fingerprint density at radius 2 is 1.96 bits per heavy atom. The highest BCUT2D eigenvalue weighted by atomic mass is 35.5. The predicted molar refractivity (Wildman–Crippen MR) is 107 cm³/mol. The fraction of sp³-hybridized carbons (Fsp3) is 0.381. The largest absolute Gasteiger partial charge is 0.481 e. The lowest BCUT2D eigenvalue weighted by Gasteiger charge is -2.32. The topological polar surface area (TPSA) is 71.5 Å². The summed E-state index contributed by atoms with van der Waals surface area (Å²) in [6, 6.07) is 10.5. The third-order valence-corrected chi connectivity index (χ3v) is 5.12. The first-order valence-electron chi connectivity index (χ1n) is 9.42. The van der Waals surface area contributed by atoms with Gasteiger partial charge in [0.05, 0.1) is 5.56 Å². The van der Waals surface area contributed by atoms with Crippen LogP contribution in [-0.4, -0.2) is 47.4 Å². The maximum atomic E-state index is 12.4. The van der Waals surface area contributed by atoms with Crippen molar-refractivity contribution in [2.45, 2.75) is 25.9 Å². The van der Waals surface area contributed by atoms with Crippen LogP contribution in [0.3, 0.4) is 0 Å². The van der Waals surface area contributed by atoms with Crippen molar-refractivity contribution in [1.29, 1.82) is 0 Å². The van der Waals surface area contributed by atoms with Crippen LogP contribution < -0.4 is 10.1 Å². The van der Waals surface area contributed by atoms with Gasteiger partial charge in [-0.15, -0.1) is 0 Å². The van der Waals surface area contributed by atoms with E-state index in [0.29, 0.717) is 41.9 Å². The molecule has 1 aromatic carbocycles. The van der Waals surface area contributed by atoms with Gasteiger partial charge in [-0.3, -0.25) is 14.6 Å². The van der Waals surface area contributed by atoms with E-state index >= 15 is 0 Å². The van der Waals surface area contributed by atoms with E-state index in [1.807, 2.05) is 4.90 Å². The van der Waals surface area contributed by atoms with Crippen LogP contribution in [0.4, 0.5) is 0 Å². The average Bonchev–Trinajstić information content (AvgIpc) is 2.74. The molecule has 1 aliphatic heterocycles. The molecule has 1 aliphatic rings. The molecule has 1 unspecified atom stereocenters. The Bertz CT molecular complexity index is 790. The highest BCUT2D eigenvalue weighted by molar-refractivity contribution is 6.30. The number of benzene rings is 1. The van der Waals surface area contributed by atoms with Crippen molar-refractivity contribution >= 4 is 23.4 Å². The Morgan fingerprint density at radius 3 is 2.61 bits per heavy atom. The molecular weight excluding hydrogens is 378 g/mol. The molecule has 0 spiro atoms. The first-order chi connectivity index (χ1) is 13.5. The van der Waals surface area contributed by atoms with E-state index in [1.54, 1.807) is 55.7 Å². The zero-order valence-electron chi connectivity index (χ0n) is 15.8. The molecule has 1 saturated heterocycles. The minimum Gasteiger partial charge on any atom is -0.481 e. The average molecular weight is 402 g/mol. The Balaban J connectivity index is 1.40. The van der Waals surface area contributed by atoms with Crippen molar-refractivity contribution in [3.8, 4) is 5.75 Å². The molecular formula is C21H24ClN3O3. The van der Waals surface area contributed by atoms with Gasteiger partial charge in [0.15, 0.2) is 6.10 Å². The summed E-state index contributed by atoms with van der Waals surface area (Å²) in [5.41, 5.74) is 0.613. The molecule has 1 aromatic heterocycles. The first kappa shape index (κ1) is 20.1. The van der Waals surface area contributed by atoms with Crippen molar-refractivity contribution in [2.24, 2.45) is 5.92 Å². The molecule has 1 N–H and O–H groups in total. The highest BCUT2D eigenvalue weighted by Gasteiger charge is 2.24. The number of rotatable bonds is 6. The number of ether oxygens (including phenoxy) is 1. The maximum absolute atomic E-state index is 12.4. The number of pyridine rings is 1. The lowest BCUT2D eigenvalue weighted by molar-refractivity contribution is -0.127. The summed E-state index contributed by atoms with van der Waals surface area (Å²) in [4.78, 5) is 30.6. The van der Waals surface area contributed by atoms with E-state index in [4.69, 9.17) is 16.3 Å². The molecule has 1 fully saturated rings. The fourth-order valence-electron chi connectivity index (χ4n) is 3.17. The van der Waals surface area contributed by atoms with Gasteiger partial charge in [-0.25, -0.2) is 0 Å². The number of nitrogens with one attached hydrogen (secondary N) is 1. The van der Waals surface area contributed by atoms with Gasteiger partial charge in [-0.2, -0.15) is 0 Å². The van der Waals surface area contributed by atoms with E-state index in [-0.39, 0.29) is 11.8 Å². The molecule has 2 amide bonds. The second-order valence-corrected chi connectivity index (χ2v) is 7.37. The Hall–Kier alpha value is -2.60. The molecule has 1 atom stereocenters. The minimum atomic E-state index is -0.589. The lowest BCUT2D eigenvalue weighted by atomic mass is 9.96. The summed E-state index contributed by atoms with van der Waals surface area (Å²) in [5, 5.41) is 3.58. The van der Waals surface area contributed by atoms with Gasteiger partial charge in [0, 0.05) is 37.1 Å². The zero-order chi connectivity index (χ0) is 19.9. The first-order valence-corrected chi connectivity index (χ1v) is 9.80.